The Morgan fingerprint density at radius 2 is 1.68 bits per heavy atom. The van der Waals surface area contributed by atoms with Crippen molar-refractivity contribution in [2.75, 3.05) is 35.8 Å². The maximum atomic E-state index is 13.1. The number of aryl methyl sites for hydroxylation is 1. The van der Waals surface area contributed by atoms with Crippen molar-refractivity contribution < 1.29 is 13.2 Å². The Kier molecular flexibility index (Phi) is 5.97. The number of para-hydroxylation sites is 1. The number of carbonyl (C=O) groups excluding carboxylic acids is 1. The normalized spacial score (nSPS) is 14.4. The van der Waals surface area contributed by atoms with Gasteiger partial charge in [0.25, 0.3) is 15.9 Å². The van der Waals surface area contributed by atoms with E-state index >= 15 is 0 Å². The molecule has 34 heavy (non-hydrogen) atoms. The van der Waals surface area contributed by atoms with E-state index in [0.717, 1.165) is 20.9 Å². The lowest BCUT2D eigenvalue weighted by molar-refractivity contribution is 0.0747. The van der Waals surface area contributed by atoms with Crippen LogP contribution in [0.3, 0.4) is 0 Å². The predicted molar refractivity (Wildman–Crippen MR) is 136 cm³/mol. The molecule has 0 aliphatic carbocycles. The van der Waals surface area contributed by atoms with Gasteiger partial charge >= 0.3 is 0 Å². The number of benzene rings is 3. The zero-order valence-electron chi connectivity index (χ0n) is 18.6. The van der Waals surface area contributed by atoms with Crippen molar-refractivity contribution in [3.05, 3.63) is 83.9 Å². The van der Waals surface area contributed by atoms with Crippen molar-refractivity contribution in [2.24, 2.45) is 0 Å². The molecule has 1 aromatic heterocycles. The number of nitrogens with zero attached hydrogens (tertiary/aromatic N) is 3. The van der Waals surface area contributed by atoms with Crippen molar-refractivity contribution in [1.29, 1.82) is 0 Å². The molecule has 3 aromatic carbocycles. The van der Waals surface area contributed by atoms with E-state index in [4.69, 9.17) is 4.98 Å². The van der Waals surface area contributed by atoms with Gasteiger partial charge in [-0.2, -0.15) is 0 Å². The number of amides is 1. The predicted octanol–water partition coefficient (Wildman–Crippen LogP) is 4.37. The van der Waals surface area contributed by atoms with E-state index in [1.54, 1.807) is 64.8 Å². The SMILES string of the molecule is Cc1ccc(S(=O)(=O)Nc2cccc(C(=O)N3CCN(c4nc5ccccc5s4)CC3)c2)cc1. The number of hydrogen-bond donors (Lipinski definition) is 1. The molecule has 1 amide bonds. The van der Waals surface area contributed by atoms with Gasteiger partial charge in [0, 0.05) is 37.4 Å². The summed E-state index contributed by atoms with van der Waals surface area (Å²) in [5, 5.41) is 0.973. The van der Waals surface area contributed by atoms with E-state index < -0.39 is 10.0 Å². The number of carbonyl (C=O) groups is 1. The lowest BCUT2D eigenvalue weighted by Gasteiger charge is -2.34. The molecular weight excluding hydrogens is 468 g/mol. The van der Waals surface area contributed by atoms with Crippen LogP contribution in [0.2, 0.25) is 0 Å². The number of fused-ring (bicyclic) bond motifs is 1. The van der Waals surface area contributed by atoms with Gasteiger partial charge in [-0.15, -0.1) is 0 Å². The summed E-state index contributed by atoms with van der Waals surface area (Å²) in [6.45, 7) is 4.45. The first kappa shape index (κ1) is 22.4. The zero-order chi connectivity index (χ0) is 23.7. The third-order valence-electron chi connectivity index (χ3n) is 5.81. The molecule has 0 atom stereocenters. The molecule has 174 valence electrons. The summed E-state index contributed by atoms with van der Waals surface area (Å²) < 4.78 is 29.2. The molecule has 0 saturated carbocycles. The first-order valence-electron chi connectivity index (χ1n) is 11.0. The Hall–Kier alpha value is -3.43. The molecule has 9 heteroatoms. The van der Waals surface area contributed by atoms with Crippen LogP contribution < -0.4 is 9.62 Å². The number of piperazine rings is 1. The number of aromatic nitrogens is 1. The summed E-state index contributed by atoms with van der Waals surface area (Å²) >= 11 is 1.66. The van der Waals surface area contributed by atoms with E-state index in [1.165, 1.54) is 0 Å². The Bertz CT molecular complexity index is 1410. The van der Waals surface area contributed by atoms with Crippen molar-refractivity contribution in [1.82, 2.24) is 9.88 Å². The summed E-state index contributed by atoms with van der Waals surface area (Å²) in [5.41, 5.74) is 2.79. The van der Waals surface area contributed by atoms with Gasteiger partial charge in [0.05, 0.1) is 15.1 Å². The smallest absolute Gasteiger partial charge is 0.261 e. The number of anilines is 2. The summed E-state index contributed by atoms with van der Waals surface area (Å²) in [6, 6.07) is 21.4. The van der Waals surface area contributed by atoms with Crippen LogP contribution in [0.1, 0.15) is 15.9 Å². The molecule has 0 bridgehead atoms. The molecule has 0 radical (unpaired) electrons. The fraction of sp³-hybridized carbons (Fsp3) is 0.200. The Labute approximate surface area is 202 Å². The molecular formula is C25H24N4O3S2. The highest BCUT2D eigenvalue weighted by Crippen LogP contribution is 2.29. The molecule has 7 nitrogen and oxygen atoms in total. The number of sulfonamides is 1. The highest BCUT2D eigenvalue weighted by atomic mass is 32.2. The van der Waals surface area contributed by atoms with Crippen LogP contribution in [-0.2, 0) is 10.0 Å². The highest BCUT2D eigenvalue weighted by molar-refractivity contribution is 7.92. The maximum absolute atomic E-state index is 13.1. The van der Waals surface area contributed by atoms with E-state index in [0.29, 0.717) is 37.4 Å². The standard InChI is InChI=1S/C25H24N4O3S2/c1-18-9-11-21(12-10-18)34(31,32)27-20-6-4-5-19(17-20)24(30)28-13-15-29(16-14-28)25-26-22-7-2-3-8-23(22)33-25/h2-12,17,27H,13-16H2,1H3. The second-order valence-corrected chi connectivity index (χ2v) is 10.9. The van der Waals surface area contributed by atoms with Gasteiger partial charge in [0.2, 0.25) is 0 Å². The monoisotopic (exact) mass is 492 g/mol. The second-order valence-electron chi connectivity index (χ2n) is 8.24. The molecule has 1 N–H and O–H groups in total. The number of hydrogen-bond acceptors (Lipinski definition) is 6. The fourth-order valence-corrected chi connectivity index (χ4v) is 5.99. The topological polar surface area (TPSA) is 82.6 Å². The van der Waals surface area contributed by atoms with Gasteiger partial charge in [-0.3, -0.25) is 9.52 Å². The van der Waals surface area contributed by atoms with Gasteiger partial charge in [-0.1, -0.05) is 47.2 Å². The third-order valence-corrected chi connectivity index (χ3v) is 8.31. The van der Waals surface area contributed by atoms with E-state index in [-0.39, 0.29) is 10.8 Å². The lowest BCUT2D eigenvalue weighted by atomic mass is 10.1. The average molecular weight is 493 g/mol. The first-order valence-corrected chi connectivity index (χ1v) is 13.3. The van der Waals surface area contributed by atoms with Crippen LogP contribution in [-0.4, -0.2) is 50.4 Å². The Morgan fingerprint density at radius 3 is 2.41 bits per heavy atom. The van der Waals surface area contributed by atoms with Crippen molar-refractivity contribution in [2.45, 2.75) is 11.8 Å². The third kappa shape index (κ3) is 4.62. The fourth-order valence-electron chi connectivity index (χ4n) is 3.93. The first-order chi connectivity index (χ1) is 16.4. The summed E-state index contributed by atoms with van der Waals surface area (Å²) in [5.74, 6) is -0.111. The number of rotatable bonds is 5. The van der Waals surface area contributed by atoms with E-state index in [9.17, 15) is 13.2 Å². The maximum Gasteiger partial charge on any atom is 0.261 e. The molecule has 2 heterocycles. The molecule has 1 saturated heterocycles. The Morgan fingerprint density at radius 1 is 0.941 bits per heavy atom. The van der Waals surface area contributed by atoms with Gasteiger partial charge in [0.15, 0.2) is 5.13 Å². The summed E-state index contributed by atoms with van der Waals surface area (Å²) in [4.78, 5) is 22.0. The van der Waals surface area contributed by atoms with Gasteiger partial charge in [-0.05, 0) is 49.4 Å². The van der Waals surface area contributed by atoms with Gasteiger partial charge in [0.1, 0.15) is 0 Å². The van der Waals surface area contributed by atoms with Crippen molar-refractivity contribution in [3.63, 3.8) is 0 Å². The van der Waals surface area contributed by atoms with Crippen molar-refractivity contribution >= 4 is 48.3 Å². The van der Waals surface area contributed by atoms with Crippen LogP contribution in [0, 0.1) is 6.92 Å². The molecule has 0 unspecified atom stereocenters. The lowest BCUT2D eigenvalue weighted by Crippen LogP contribution is -2.48. The Balaban J connectivity index is 1.25. The summed E-state index contributed by atoms with van der Waals surface area (Å²) in [7, 11) is -3.73. The molecule has 5 rings (SSSR count). The van der Waals surface area contributed by atoms with Crippen LogP contribution in [0.4, 0.5) is 10.8 Å². The minimum Gasteiger partial charge on any atom is -0.345 e. The number of thiazole rings is 1. The van der Waals surface area contributed by atoms with Crippen LogP contribution >= 0.6 is 11.3 Å². The van der Waals surface area contributed by atoms with Crippen LogP contribution in [0.25, 0.3) is 10.2 Å². The largest absolute Gasteiger partial charge is 0.345 e. The average Bonchev–Trinajstić information content (AvgIpc) is 3.28. The van der Waals surface area contributed by atoms with E-state index in [1.807, 2.05) is 25.1 Å². The molecule has 1 aliphatic rings. The quantitative estimate of drug-likeness (QED) is 0.447. The highest BCUT2D eigenvalue weighted by Gasteiger charge is 2.24. The zero-order valence-corrected chi connectivity index (χ0v) is 20.3. The van der Waals surface area contributed by atoms with Crippen LogP contribution in [0.5, 0.6) is 0 Å². The van der Waals surface area contributed by atoms with Crippen molar-refractivity contribution in [3.8, 4) is 0 Å². The molecule has 1 aliphatic heterocycles. The minimum atomic E-state index is -3.73. The van der Waals surface area contributed by atoms with Gasteiger partial charge < -0.3 is 9.80 Å². The van der Waals surface area contributed by atoms with Gasteiger partial charge in [-0.25, -0.2) is 13.4 Å². The molecule has 4 aromatic rings. The minimum absolute atomic E-state index is 0.111. The molecule has 1 fully saturated rings. The van der Waals surface area contributed by atoms with Crippen LogP contribution in [0.15, 0.2) is 77.7 Å². The molecule has 0 spiro atoms. The van der Waals surface area contributed by atoms with E-state index in [2.05, 4.69) is 15.7 Å². The summed E-state index contributed by atoms with van der Waals surface area (Å²) in [6.07, 6.45) is 0. The second kappa shape index (κ2) is 9.08. The number of nitrogens with one attached hydrogen (secondary N) is 1.